The quantitative estimate of drug-likeness (QED) is 0.856. The molecule has 2 heterocycles. The Balaban J connectivity index is 2.34. The number of furan rings is 1. The third kappa shape index (κ3) is 1.64. The van der Waals surface area contributed by atoms with E-state index in [1.807, 2.05) is 6.07 Å². The maximum atomic E-state index is 10.5. The van der Waals surface area contributed by atoms with Crippen molar-refractivity contribution in [1.29, 1.82) is 0 Å². The molecule has 0 bridgehead atoms. The first-order chi connectivity index (χ1) is 6.64. The number of aliphatic hydroxyl groups is 1. The Morgan fingerprint density at radius 1 is 1.71 bits per heavy atom. The van der Waals surface area contributed by atoms with E-state index in [1.165, 1.54) is 0 Å². The number of thioether (sulfide) groups is 1. The molecule has 2 nitrogen and oxygen atoms in total. The molecule has 0 radical (unpaired) electrons. The van der Waals surface area contributed by atoms with Gasteiger partial charge in [-0.2, -0.15) is 11.8 Å². The van der Waals surface area contributed by atoms with Crippen molar-refractivity contribution in [3.63, 3.8) is 0 Å². The predicted molar refractivity (Wildman–Crippen MR) is 61.5 cm³/mol. The monoisotopic (exact) mass is 276 g/mol. The van der Waals surface area contributed by atoms with E-state index in [4.69, 9.17) is 4.42 Å². The summed E-state index contributed by atoms with van der Waals surface area (Å²) in [6.45, 7) is 2.05. The lowest BCUT2D eigenvalue weighted by Crippen LogP contribution is -2.38. The molecule has 0 saturated carbocycles. The lowest BCUT2D eigenvalue weighted by atomic mass is 9.91. The van der Waals surface area contributed by atoms with E-state index in [1.54, 1.807) is 18.0 Å². The Labute approximate surface area is 96.2 Å². The van der Waals surface area contributed by atoms with E-state index < -0.39 is 5.60 Å². The van der Waals surface area contributed by atoms with Crippen LogP contribution in [-0.2, 0) is 5.60 Å². The van der Waals surface area contributed by atoms with E-state index >= 15 is 0 Å². The van der Waals surface area contributed by atoms with Gasteiger partial charge in [0.1, 0.15) is 5.60 Å². The van der Waals surface area contributed by atoms with Crippen LogP contribution >= 0.6 is 27.7 Å². The van der Waals surface area contributed by atoms with Crippen LogP contribution in [0.5, 0.6) is 0 Å². The summed E-state index contributed by atoms with van der Waals surface area (Å²) in [5.41, 5.74) is -0.800. The second-order valence-electron chi connectivity index (χ2n) is 3.64. The Bertz CT molecular complexity index is 326. The van der Waals surface area contributed by atoms with Crippen molar-refractivity contribution < 1.29 is 9.52 Å². The van der Waals surface area contributed by atoms with Crippen LogP contribution in [0.25, 0.3) is 0 Å². The van der Waals surface area contributed by atoms with Crippen LogP contribution in [0, 0.1) is 0 Å². The molecule has 0 amide bonds. The second kappa shape index (κ2) is 3.91. The maximum Gasteiger partial charge on any atom is 0.150 e. The first-order valence-corrected chi connectivity index (χ1v) is 6.56. The molecule has 4 heteroatoms. The Hall–Kier alpha value is 0.0700. The highest BCUT2D eigenvalue weighted by molar-refractivity contribution is 9.10. The van der Waals surface area contributed by atoms with Crippen LogP contribution in [0.2, 0.25) is 0 Å². The molecule has 1 aliphatic rings. The van der Waals surface area contributed by atoms with E-state index in [-0.39, 0.29) is 5.25 Å². The molecule has 1 saturated heterocycles. The molecule has 1 N–H and O–H groups in total. The topological polar surface area (TPSA) is 33.4 Å². The largest absolute Gasteiger partial charge is 0.465 e. The minimum Gasteiger partial charge on any atom is -0.465 e. The molecular formula is C10H13BrO2S. The van der Waals surface area contributed by atoms with Gasteiger partial charge in [0.15, 0.2) is 5.76 Å². The average Bonchev–Trinajstić information content (AvgIpc) is 2.57. The van der Waals surface area contributed by atoms with Crippen LogP contribution in [0.4, 0.5) is 0 Å². The number of hydrogen-bond donors (Lipinski definition) is 1. The van der Waals surface area contributed by atoms with E-state index in [0.717, 1.165) is 23.1 Å². The van der Waals surface area contributed by atoms with Crippen molar-refractivity contribution in [3.05, 3.63) is 22.6 Å². The van der Waals surface area contributed by atoms with E-state index in [2.05, 4.69) is 22.9 Å². The number of halogens is 1. The van der Waals surface area contributed by atoms with Gasteiger partial charge in [-0.15, -0.1) is 0 Å². The highest BCUT2D eigenvalue weighted by Crippen LogP contribution is 2.43. The fourth-order valence-corrected chi connectivity index (χ4v) is 3.55. The zero-order valence-electron chi connectivity index (χ0n) is 8.00. The summed E-state index contributed by atoms with van der Waals surface area (Å²) < 4.78 is 6.24. The van der Waals surface area contributed by atoms with Crippen molar-refractivity contribution >= 4 is 27.7 Å². The van der Waals surface area contributed by atoms with Gasteiger partial charge in [0.05, 0.1) is 10.7 Å². The molecule has 2 unspecified atom stereocenters. The van der Waals surface area contributed by atoms with Gasteiger partial charge in [0, 0.05) is 5.25 Å². The summed E-state index contributed by atoms with van der Waals surface area (Å²) in [6.07, 6.45) is 3.44. The molecule has 1 aliphatic heterocycles. The van der Waals surface area contributed by atoms with Gasteiger partial charge in [-0.1, -0.05) is 6.92 Å². The molecule has 1 fully saturated rings. The lowest BCUT2D eigenvalue weighted by Gasteiger charge is -2.36. The van der Waals surface area contributed by atoms with Gasteiger partial charge in [0.25, 0.3) is 0 Å². The van der Waals surface area contributed by atoms with Gasteiger partial charge >= 0.3 is 0 Å². The summed E-state index contributed by atoms with van der Waals surface area (Å²) in [7, 11) is 0. The highest BCUT2D eigenvalue weighted by atomic mass is 79.9. The van der Waals surface area contributed by atoms with Crippen LogP contribution < -0.4 is 0 Å². The summed E-state index contributed by atoms with van der Waals surface area (Å²) >= 11 is 5.20. The fraction of sp³-hybridized carbons (Fsp3) is 0.600. The molecule has 0 spiro atoms. The first-order valence-electron chi connectivity index (χ1n) is 4.72. The first kappa shape index (κ1) is 10.6. The van der Waals surface area contributed by atoms with Gasteiger partial charge < -0.3 is 9.52 Å². The molecule has 1 aromatic rings. The molecule has 1 aromatic heterocycles. The van der Waals surface area contributed by atoms with Crippen molar-refractivity contribution in [2.75, 3.05) is 5.75 Å². The van der Waals surface area contributed by atoms with Gasteiger partial charge in [-0.05, 0) is 40.6 Å². The Kier molecular flexibility index (Phi) is 2.96. The van der Waals surface area contributed by atoms with Crippen LogP contribution in [0.3, 0.4) is 0 Å². The number of hydrogen-bond acceptors (Lipinski definition) is 3. The SMILES string of the molecule is CC1SCCCC1(O)c1occc1Br. The molecule has 2 atom stereocenters. The van der Waals surface area contributed by atoms with Gasteiger partial charge in [0.2, 0.25) is 0 Å². The van der Waals surface area contributed by atoms with Crippen molar-refractivity contribution in [1.82, 2.24) is 0 Å². The zero-order valence-corrected chi connectivity index (χ0v) is 10.4. The summed E-state index contributed by atoms with van der Waals surface area (Å²) in [4.78, 5) is 0. The van der Waals surface area contributed by atoms with Crippen molar-refractivity contribution in [2.24, 2.45) is 0 Å². The minimum atomic E-state index is -0.800. The second-order valence-corrected chi connectivity index (χ2v) is 5.94. The molecule has 78 valence electrons. The molecule has 0 aromatic carbocycles. The Morgan fingerprint density at radius 3 is 3.07 bits per heavy atom. The minimum absolute atomic E-state index is 0.193. The highest BCUT2D eigenvalue weighted by Gasteiger charge is 2.42. The zero-order chi connectivity index (χ0) is 10.2. The van der Waals surface area contributed by atoms with Crippen molar-refractivity contribution in [2.45, 2.75) is 30.6 Å². The fourth-order valence-electron chi connectivity index (χ4n) is 1.84. The summed E-state index contributed by atoms with van der Waals surface area (Å²) in [5, 5.41) is 10.7. The Morgan fingerprint density at radius 2 is 2.50 bits per heavy atom. The molecule has 2 rings (SSSR count). The van der Waals surface area contributed by atoms with Gasteiger partial charge in [-0.3, -0.25) is 0 Å². The standard InChI is InChI=1S/C10H13BrO2S/c1-7-10(12,4-2-6-14-7)9-8(11)3-5-13-9/h3,5,7,12H,2,4,6H2,1H3. The van der Waals surface area contributed by atoms with E-state index in [0.29, 0.717) is 5.76 Å². The third-order valence-electron chi connectivity index (χ3n) is 2.75. The number of rotatable bonds is 1. The normalized spacial score (nSPS) is 33.2. The lowest BCUT2D eigenvalue weighted by molar-refractivity contribution is 0.00352. The smallest absolute Gasteiger partial charge is 0.150 e. The average molecular weight is 277 g/mol. The summed E-state index contributed by atoms with van der Waals surface area (Å²) in [6, 6.07) is 1.83. The molecule has 0 aliphatic carbocycles. The van der Waals surface area contributed by atoms with Gasteiger partial charge in [-0.25, -0.2) is 0 Å². The molecule has 14 heavy (non-hydrogen) atoms. The third-order valence-corrected chi connectivity index (χ3v) is 4.79. The predicted octanol–water partition coefficient (Wildman–Crippen LogP) is 3.15. The summed E-state index contributed by atoms with van der Waals surface area (Å²) in [5.74, 6) is 1.80. The maximum absolute atomic E-state index is 10.5. The van der Waals surface area contributed by atoms with E-state index in [9.17, 15) is 5.11 Å². The van der Waals surface area contributed by atoms with Crippen molar-refractivity contribution in [3.8, 4) is 0 Å². The van der Waals surface area contributed by atoms with Crippen LogP contribution in [0.1, 0.15) is 25.5 Å². The van der Waals surface area contributed by atoms with Crippen LogP contribution in [-0.4, -0.2) is 16.1 Å². The molecular weight excluding hydrogens is 264 g/mol. The van der Waals surface area contributed by atoms with Crippen LogP contribution in [0.15, 0.2) is 21.2 Å².